The molecule has 13 heteroatoms. The van der Waals surface area contributed by atoms with E-state index in [2.05, 4.69) is 20.7 Å². The number of carbonyl (C=O) groups is 2. The summed E-state index contributed by atoms with van der Waals surface area (Å²) in [7, 11) is 0. The van der Waals surface area contributed by atoms with Crippen molar-refractivity contribution < 1.29 is 27.9 Å². The minimum absolute atomic E-state index is 0.00767. The smallest absolute Gasteiger partial charge is 0.435 e. The summed E-state index contributed by atoms with van der Waals surface area (Å²) in [5.41, 5.74) is -0.555. The third kappa shape index (κ3) is 5.25. The van der Waals surface area contributed by atoms with Gasteiger partial charge in [0, 0.05) is 17.8 Å². The van der Waals surface area contributed by atoms with E-state index in [0.29, 0.717) is 21.9 Å². The van der Waals surface area contributed by atoms with Gasteiger partial charge in [-0.15, -0.1) is 11.6 Å². The Labute approximate surface area is 235 Å². The summed E-state index contributed by atoms with van der Waals surface area (Å²) in [5, 5.41) is 17.8. The summed E-state index contributed by atoms with van der Waals surface area (Å²) in [6, 6.07) is 15.2. The third-order valence-corrected chi connectivity index (χ3v) is 6.89. The van der Waals surface area contributed by atoms with Crippen molar-refractivity contribution in [1.29, 1.82) is 0 Å². The van der Waals surface area contributed by atoms with Crippen LogP contribution in [0.15, 0.2) is 78.5 Å². The molecule has 0 bridgehead atoms. The van der Waals surface area contributed by atoms with Crippen molar-refractivity contribution in [1.82, 2.24) is 20.1 Å². The van der Waals surface area contributed by atoms with Crippen LogP contribution in [0.2, 0.25) is 5.02 Å². The molecule has 2 unspecified atom stereocenters. The number of para-hydroxylation sites is 2. The Bertz CT molecular complexity index is 1650. The number of hydrogen-bond acceptors (Lipinski definition) is 5. The third-order valence-electron chi connectivity index (χ3n) is 6.10. The second-order valence-corrected chi connectivity index (χ2v) is 9.56. The average molecular weight is 588 g/mol. The van der Waals surface area contributed by atoms with Gasteiger partial charge >= 0.3 is 6.18 Å². The fourth-order valence-electron chi connectivity index (χ4n) is 4.21. The van der Waals surface area contributed by atoms with Crippen LogP contribution in [0.4, 0.5) is 18.9 Å². The molecule has 4 aromatic rings. The molecular weight excluding hydrogens is 570 g/mol. The highest BCUT2D eigenvalue weighted by Crippen LogP contribution is 2.38. The summed E-state index contributed by atoms with van der Waals surface area (Å²) >= 11 is 12.9. The highest BCUT2D eigenvalue weighted by atomic mass is 35.5. The number of hydrogen-bond donors (Lipinski definition) is 3. The number of halogens is 5. The molecule has 0 saturated carbocycles. The van der Waals surface area contributed by atoms with Crippen molar-refractivity contribution in [2.45, 2.75) is 17.6 Å². The maximum absolute atomic E-state index is 13.6. The Morgan fingerprint density at radius 3 is 2.45 bits per heavy atom. The van der Waals surface area contributed by atoms with E-state index in [1.807, 2.05) is 0 Å². The van der Waals surface area contributed by atoms with Gasteiger partial charge in [-0.2, -0.15) is 18.3 Å². The quantitative estimate of drug-likeness (QED) is 0.203. The zero-order valence-corrected chi connectivity index (χ0v) is 21.7. The molecule has 40 heavy (non-hydrogen) atoms. The lowest BCUT2D eigenvalue weighted by Gasteiger charge is -2.31. The van der Waals surface area contributed by atoms with E-state index in [4.69, 9.17) is 23.2 Å². The maximum Gasteiger partial charge on any atom is 0.435 e. The normalized spacial score (nSPS) is 16.6. The first-order chi connectivity index (χ1) is 19.0. The first-order valence-electron chi connectivity index (χ1n) is 11.7. The van der Waals surface area contributed by atoms with Crippen LogP contribution in [0.25, 0.3) is 11.9 Å². The lowest BCUT2D eigenvalue weighted by atomic mass is 9.87. The lowest BCUT2D eigenvalue weighted by Crippen LogP contribution is -2.44. The Morgan fingerprint density at radius 1 is 1.00 bits per heavy atom. The van der Waals surface area contributed by atoms with Gasteiger partial charge in [-0.05, 0) is 41.5 Å². The number of carbonyl (C=O) groups excluding carboxylic acids is 2. The van der Waals surface area contributed by atoms with Crippen LogP contribution < -0.4 is 10.6 Å². The predicted octanol–water partition coefficient (Wildman–Crippen LogP) is 5.76. The van der Waals surface area contributed by atoms with Crippen molar-refractivity contribution in [3.8, 4) is 11.6 Å². The Hall–Kier alpha value is -4.35. The number of anilines is 1. The van der Waals surface area contributed by atoms with Gasteiger partial charge in [0.15, 0.2) is 11.5 Å². The van der Waals surface area contributed by atoms with Gasteiger partial charge in [-0.25, -0.2) is 9.67 Å². The van der Waals surface area contributed by atoms with Crippen LogP contribution >= 0.6 is 23.2 Å². The molecule has 3 N–H and O–H groups in total. The molecule has 0 radical (unpaired) electrons. The minimum Gasteiger partial charge on any atom is -0.506 e. The number of phenolic OH excluding ortho intramolecular Hbond substituents is 1. The molecule has 2 amide bonds. The number of aromatic hydroxyl groups is 1. The summed E-state index contributed by atoms with van der Waals surface area (Å²) in [5.74, 6) is -2.09. The van der Waals surface area contributed by atoms with E-state index in [-0.39, 0.29) is 27.9 Å². The van der Waals surface area contributed by atoms with Crippen molar-refractivity contribution in [3.63, 3.8) is 0 Å². The summed E-state index contributed by atoms with van der Waals surface area (Å²) < 4.78 is 41.5. The number of nitrogens with one attached hydrogen (secondary N) is 2. The Kier molecular flexibility index (Phi) is 7.26. The number of pyridine rings is 1. The molecule has 2 aromatic carbocycles. The highest BCUT2D eigenvalue weighted by molar-refractivity contribution is 6.32. The van der Waals surface area contributed by atoms with Crippen molar-refractivity contribution in [3.05, 3.63) is 106 Å². The van der Waals surface area contributed by atoms with E-state index in [9.17, 15) is 27.9 Å². The molecular formula is C27H18Cl2F3N5O3. The fraction of sp³-hybridized carbons (Fsp3) is 0.111. The minimum atomic E-state index is -4.87. The van der Waals surface area contributed by atoms with Crippen molar-refractivity contribution in [2.24, 2.45) is 0 Å². The molecule has 2 atom stereocenters. The van der Waals surface area contributed by atoms with Gasteiger partial charge in [0.25, 0.3) is 11.8 Å². The molecule has 5 rings (SSSR count). The maximum atomic E-state index is 13.6. The van der Waals surface area contributed by atoms with E-state index >= 15 is 0 Å². The van der Waals surface area contributed by atoms with E-state index in [1.165, 1.54) is 36.5 Å². The number of rotatable bonds is 5. The molecule has 1 aliphatic carbocycles. The molecule has 0 aliphatic heterocycles. The van der Waals surface area contributed by atoms with E-state index in [1.54, 1.807) is 36.4 Å². The predicted molar refractivity (Wildman–Crippen MR) is 142 cm³/mol. The number of fused-ring (bicyclic) bond motifs is 1. The number of nitrogens with zero attached hydrogens (tertiary/aromatic N) is 3. The Morgan fingerprint density at radius 2 is 1.73 bits per heavy atom. The standard InChI is InChI=1S/C27H18Cl2F3N5O3/c28-17-8-5-11-33-24(17)37-19(13-21(36-37)27(30,31)32)26(40)35-23-16(12-14-6-1-2-7-15(14)22(23)29)25(39)34-18-9-3-4-10-20(18)38/h1-13,22-23,38H,(H,34,39)(H,35,40). The summed E-state index contributed by atoms with van der Waals surface area (Å²) in [6.45, 7) is 0. The number of aromatic nitrogens is 3. The number of amides is 2. The molecule has 0 fully saturated rings. The van der Waals surface area contributed by atoms with E-state index < -0.39 is 40.8 Å². The van der Waals surface area contributed by atoms with Crippen LogP contribution in [0, 0.1) is 0 Å². The molecule has 2 heterocycles. The molecule has 0 spiro atoms. The molecule has 1 aliphatic rings. The zero-order valence-electron chi connectivity index (χ0n) is 20.2. The lowest BCUT2D eigenvalue weighted by molar-refractivity contribution is -0.141. The largest absolute Gasteiger partial charge is 0.506 e. The first kappa shape index (κ1) is 27.2. The van der Waals surface area contributed by atoms with Gasteiger partial charge in [-0.3, -0.25) is 9.59 Å². The first-order valence-corrected chi connectivity index (χ1v) is 12.5. The molecule has 2 aromatic heterocycles. The highest BCUT2D eigenvalue weighted by Gasteiger charge is 2.39. The van der Waals surface area contributed by atoms with Crippen molar-refractivity contribution >= 4 is 46.8 Å². The van der Waals surface area contributed by atoms with Crippen LogP contribution in [0.1, 0.15) is 32.7 Å². The Balaban J connectivity index is 1.54. The van der Waals surface area contributed by atoms with Crippen LogP contribution in [-0.2, 0) is 11.0 Å². The van der Waals surface area contributed by atoms with Gasteiger partial charge in [0.05, 0.1) is 22.1 Å². The van der Waals surface area contributed by atoms with Gasteiger partial charge in [-0.1, -0.05) is 48.0 Å². The van der Waals surface area contributed by atoms with Gasteiger partial charge in [0.2, 0.25) is 0 Å². The molecule has 8 nitrogen and oxygen atoms in total. The van der Waals surface area contributed by atoms with Crippen LogP contribution in [0.3, 0.4) is 0 Å². The number of alkyl halides is 4. The van der Waals surface area contributed by atoms with Gasteiger partial charge < -0.3 is 15.7 Å². The molecule has 0 saturated heterocycles. The van der Waals surface area contributed by atoms with Crippen LogP contribution in [-0.4, -0.2) is 37.7 Å². The number of phenols is 1. The average Bonchev–Trinajstić information content (AvgIpc) is 3.38. The SMILES string of the molecule is O=C(Nc1ccccc1O)C1=Cc2ccccc2C(Cl)C1NC(=O)c1cc(C(F)(F)F)nn1-c1ncccc1Cl. The monoisotopic (exact) mass is 587 g/mol. The summed E-state index contributed by atoms with van der Waals surface area (Å²) in [4.78, 5) is 30.9. The zero-order chi connectivity index (χ0) is 28.6. The van der Waals surface area contributed by atoms with Crippen molar-refractivity contribution in [2.75, 3.05) is 5.32 Å². The fourth-order valence-corrected chi connectivity index (χ4v) is 4.81. The molecule has 204 valence electrons. The van der Waals surface area contributed by atoms with Gasteiger partial charge in [0.1, 0.15) is 11.4 Å². The summed E-state index contributed by atoms with van der Waals surface area (Å²) in [6.07, 6.45) is -2.07. The second kappa shape index (κ2) is 10.7. The van der Waals surface area contributed by atoms with E-state index in [0.717, 1.165) is 0 Å². The topological polar surface area (TPSA) is 109 Å². The second-order valence-electron chi connectivity index (χ2n) is 8.69. The van der Waals surface area contributed by atoms with Crippen LogP contribution in [0.5, 0.6) is 5.75 Å². The number of benzene rings is 2.